The third-order valence-corrected chi connectivity index (χ3v) is 3.43. The van der Waals surface area contributed by atoms with Gasteiger partial charge in [0.2, 0.25) is 0 Å². The maximum atomic E-state index is 8.98. The molecule has 2 heteroatoms. The van der Waals surface area contributed by atoms with Gasteiger partial charge in [0.1, 0.15) is 0 Å². The first-order chi connectivity index (χ1) is 6.22. The molecule has 13 heavy (non-hydrogen) atoms. The quantitative estimate of drug-likeness (QED) is 0.844. The average molecular weight is 241 g/mol. The molecule has 2 rings (SSSR count). The monoisotopic (exact) mass is 240 g/mol. The number of halogens is 1. The van der Waals surface area contributed by atoms with Gasteiger partial charge in [0.05, 0.1) is 0 Å². The summed E-state index contributed by atoms with van der Waals surface area (Å²) >= 11 is 3.55. The number of hydrogen-bond donors (Lipinski definition) is 1. The zero-order valence-electron chi connectivity index (χ0n) is 7.63. The van der Waals surface area contributed by atoms with Crippen molar-refractivity contribution in [3.8, 4) is 0 Å². The highest BCUT2D eigenvalue weighted by atomic mass is 79.9. The molecule has 1 N–H and O–H groups in total. The zero-order valence-corrected chi connectivity index (χ0v) is 9.21. The topological polar surface area (TPSA) is 20.2 Å². The molecule has 1 aliphatic carbocycles. The fourth-order valence-corrected chi connectivity index (χ4v) is 2.32. The number of aliphatic hydroxyl groups is 1. The minimum atomic E-state index is 0.324. The Morgan fingerprint density at radius 3 is 2.92 bits per heavy atom. The molecule has 2 atom stereocenters. The van der Waals surface area contributed by atoms with Gasteiger partial charge >= 0.3 is 0 Å². The molecular formula is C11H13BrO. The first-order valence-corrected chi connectivity index (χ1v) is 5.38. The lowest BCUT2D eigenvalue weighted by molar-refractivity contribution is 0.274. The summed E-state index contributed by atoms with van der Waals surface area (Å²) in [5.74, 6) is 1.08. The van der Waals surface area contributed by atoms with E-state index in [1.807, 2.05) is 0 Å². The maximum Gasteiger partial charge on any atom is 0.0465 e. The van der Waals surface area contributed by atoms with Crippen LogP contribution in [-0.2, 0) is 0 Å². The summed E-state index contributed by atoms with van der Waals surface area (Å²) in [5, 5.41) is 8.98. The number of aliphatic hydroxyl groups excluding tert-OH is 1. The number of rotatable bonds is 2. The second kappa shape index (κ2) is 3.43. The molecule has 70 valence electrons. The van der Waals surface area contributed by atoms with Crippen LogP contribution >= 0.6 is 15.9 Å². The van der Waals surface area contributed by atoms with Crippen LogP contribution in [0.1, 0.15) is 23.5 Å². The highest BCUT2D eigenvalue weighted by molar-refractivity contribution is 9.10. The smallest absolute Gasteiger partial charge is 0.0465 e. The Labute approximate surface area is 86.9 Å². The normalized spacial score (nSPS) is 26.1. The SMILES string of the molecule is Cc1ccc(Br)c([C@@H]2C[C@@H]2CO)c1. The van der Waals surface area contributed by atoms with Gasteiger partial charge < -0.3 is 5.11 Å². The lowest BCUT2D eigenvalue weighted by Gasteiger charge is -2.04. The van der Waals surface area contributed by atoms with E-state index in [9.17, 15) is 0 Å². The molecule has 0 spiro atoms. The fourth-order valence-electron chi connectivity index (χ4n) is 1.78. The Balaban J connectivity index is 2.25. The van der Waals surface area contributed by atoms with Crippen LogP contribution in [0, 0.1) is 12.8 Å². The highest BCUT2D eigenvalue weighted by Crippen LogP contribution is 2.49. The second-order valence-corrected chi connectivity index (χ2v) is 4.66. The van der Waals surface area contributed by atoms with Crippen molar-refractivity contribution in [2.75, 3.05) is 6.61 Å². The predicted molar refractivity (Wildman–Crippen MR) is 56.8 cm³/mol. The molecule has 0 aliphatic heterocycles. The lowest BCUT2D eigenvalue weighted by atomic mass is 10.1. The van der Waals surface area contributed by atoms with Gasteiger partial charge in [-0.3, -0.25) is 0 Å². The Kier molecular flexibility index (Phi) is 2.43. The van der Waals surface area contributed by atoms with Gasteiger partial charge in [-0.05, 0) is 36.8 Å². The average Bonchev–Trinajstić information content (AvgIpc) is 2.88. The van der Waals surface area contributed by atoms with Gasteiger partial charge in [-0.15, -0.1) is 0 Å². The van der Waals surface area contributed by atoms with Crippen LogP contribution in [0.2, 0.25) is 0 Å². The number of hydrogen-bond acceptors (Lipinski definition) is 1. The molecule has 0 heterocycles. The van der Waals surface area contributed by atoms with Crippen molar-refractivity contribution >= 4 is 15.9 Å². The van der Waals surface area contributed by atoms with E-state index in [-0.39, 0.29) is 0 Å². The summed E-state index contributed by atoms with van der Waals surface area (Å²) in [6.45, 7) is 2.43. The van der Waals surface area contributed by atoms with E-state index >= 15 is 0 Å². The molecule has 0 unspecified atom stereocenters. The predicted octanol–water partition coefficient (Wildman–Crippen LogP) is 2.85. The second-order valence-electron chi connectivity index (χ2n) is 3.81. The van der Waals surface area contributed by atoms with Gasteiger partial charge in [-0.1, -0.05) is 33.6 Å². The Hall–Kier alpha value is -0.340. The third kappa shape index (κ3) is 1.79. The molecular weight excluding hydrogens is 228 g/mol. The summed E-state index contributed by atoms with van der Waals surface area (Å²) in [7, 11) is 0. The van der Waals surface area contributed by atoms with Crippen LogP contribution in [0.25, 0.3) is 0 Å². The van der Waals surface area contributed by atoms with Gasteiger partial charge in [0.15, 0.2) is 0 Å². The summed E-state index contributed by atoms with van der Waals surface area (Å²) in [4.78, 5) is 0. The van der Waals surface area contributed by atoms with Crippen LogP contribution in [0.3, 0.4) is 0 Å². The molecule has 0 saturated heterocycles. The van der Waals surface area contributed by atoms with Crippen molar-refractivity contribution in [3.05, 3.63) is 33.8 Å². The van der Waals surface area contributed by atoms with E-state index in [0.717, 1.165) is 6.42 Å². The van der Waals surface area contributed by atoms with E-state index in [1.54, 1.807) is 0 Å². The van der Waals surface area contributed by atoms with E-state index in [1.165, 1.54) is 15.6 Å². The van der Waals surface area contributed by atoms with E-state index in [2.05, 4.69) is 41.1 Å². The minimum absolute atomic E-state index is 0.324. The van der Waals surface area contributed by atoms with E-state index < -0.39 is 0 Å². The van der Waals surface area contributed by atoms with Crippen LogP contribution in [-0.4, -0.2) is 11.7 Å². The zero-order chi connectivity index (χ0) is 9.42. The van der Waals surface area contributed by atoms with Crippen LogP contribution < -0.4 is 0 Å². The molecule has 0 radical (unpaired) electrons. The van der Waals surface area contributed by atoms with E-state index in [4.69, 9.17) is 5.11 Å². The molecule has 0 bridgehead atoms. The van der Waals surface area contributed by atoms with Gasteiger partial charge in [0, 0.05) is 11.1 Å². The number of aryl methyl sites for hydroxylation is 1. The molecule has 1 aromatic carbocycles. The first kappa shape index (κ1) is 9.22. The van der Waals surface area contributed by atoms with Crippen LogP contribution in [0.5, 0.6) is 0 Å². The van der Waals surface area contributed by atoms with Gasteiger partial charge in [0.25, 0.3) is 0 Å². The summed E-state index contributed by atoms with van der Waals surface area (Å²) in [6.07, 6.45) is 1.14. The molecule has 1 fully saturated rings. The molecule has 1 aliphatic rings. The van der Waals surface area contributed by atoms with Crippen LogP contribution in [0.15, 0.2) is 22.7 Å². The van der Waals surface area contributed by atoms with Crippen molar-refractivity contribution in [2.45, 2.75) is 19.3 Å². The Morgan fingerprint density at radius 1 is 1.54 bits per heavy atom. The molecule has 1 saturated carbocycles. The standard InChI is InChI=1S/C11H13BrO/c1-7-2-3-11(12)10(4-7)9-5-8(9)6-13/h2-4,8-9,13H,5-6H2,1H3/t8-,9-/m1/s1. The van der Waals surface area contributed by atoms with Crippen molar-refractivity contribution in [1.82, 2.24) is 0 Å². The van der Waals surface area contributed by atoms with E-state index in [0.29, 0.717) is 18.4 Å². The van der Waals surface area contributed by atoms with Crippen LogP contribution in [0.4, 0.5) is 0 Å². The van der Waals surface area contributed by atoms with Crippen molar-refractivity contribution in [1.29, 1.82) is 0 Å². The Bertz CT molecular complexity index is 322. The molecule has 1 aromatic rings. The summed E-state index contributed by atoms with van der Waals surface area (Å²) in [5.41, 5.74) is 2.65. The first-order valence-electron chi connectivity index (χ1n) is 4.59. The largest absolute Gasteiger partial charge is 0.396 e. The molecule has 0 amide bonds. The Morgan fingerprint density at radius 2 is 2.31 bits per heavy atom. The fraction of sp³-hybridized carbons (Fsp3) is 0.455. The molecule has 1 nitrogen and oxygen atoms in total. The van der Waals surface area contributed by atoms with Crippen molar-refractivity contribution < 1.29 is 5.11 Å². The summed E-state index contributed by atoms with van der Waals surface area (Å²) in [6, 6.07) is 6.41. The highest BCUT2D eigenvalue weighted by Gasteiger charge is 2.38. The maximum absolute atomic E-state index is 8.98. The molecule has 0 aromatic heterocycles. The van der Waals surface area contributed by atoms with Gasteiger partial charge in [-0.25, -0.2) is 0 Å². The summed E-state index contributed by atoms with van der Waals surface area (Å²) < 4.78 is 1.18. The lowest BCUT2D eigenvalue weighted by Crippen LogP contribution is -1.90. The number of benzene rings is 1. The van der Waals surface area contributed by atoms with Crippen molar-refractivity contribution in [2.24, 2.45) is 5.92 Å². The van der Waals surface area contributed by atoms with Gasteiger partial charge in [-0.2, -0.15) is 0 Å². The van der Waals surface area contributed by atoms with Crippen molar-refractivity contribution in [3.63, 3.8) is 0 Å². The third-order valence-electron chi connectivity index (χ3n) is 2.71. The minimum Gasteiger partial charge on any atom is -0.396 e.